The average molecular weight is 236 g/mol. The van der Waals surface area contributed by atoms with Crippen LogP contribution < -0.4 is 5.32 Å². The number of allylic oxidation sites excluding steroid dienone is 1. The van der Waals surface area contributed by atoms with Crippen molar-refractivity contribution in [3.8, 4) is 0 Å². The van der Waals surface area contributed by atoms with Gasteiger partial charge in [-0.3, -0.25) is 0 Å². The number of hydrogen-bond donors (Lipinski definition) is 1. The Labute approximate surface area is 107 Å². The first kappa shape index (κ1) is 10.2. The van der Waals surface area contributed by atoms with Crippen LogP contribution in [0.5, 0.6) is 0 Å². The van der Waals surface area contributed by atoms with Gasteiger partial charge in [-0.15, -0.1) is 5.73 Å². The summed E-state index contributed by atoms with van der Waals surface area (Å²) in [4.78, 5) is 0. The van der Waals surface area contributed by atoms with Crippen LogP contribution in [-0.4, -0.2) is 11.1 Å². The number of nitrogens with one attached hydrogen (secondary N) is 1. The highest BCUT2D eigenvalue weighted by molar-refractivity contribution is 5.89. The molecule has 0 unspecified atom stereocenters. The van der Waals surface area contributed by atoms with Crippen molar-refractivity contribution in [2.75, 3.05) is 6.54 Å². The Morgan fingerprint density at radius 1 is 1.33 bits per heavy atom. The number of benzene rings is 1. The molecule has 0 radical (unpaired) electrons. The van der Waals surface area contributed by atoms with Gasteiger partial charge in [-0.05, 0) is 16.7 Å². The molecule has 4 rings (SSSR count). The standard InChI is InChI=1S/C16H16N2/c1-2-11-8-12-4-3-5-13-14-9-17-7-6-15(14)18(10-11)16(12)13/h3-5,17H,1,6-10H2. The molecule has 2 aromatic rings. The van der Waals surface area contributed by atoms with Crippen molar-refractivity contribution >= 4 is 10.9 Å². The minimum absolute atomic E-state index is 0.979. The molecule has 1 aromatic carbocycles. The Morgan fingerprint density at radius 2 is 2.28 bits per heavy atom. The summed E-state index contributed by atoms with van der Waals surface area (Å²) in [5.74, 6) is 0. The van der Waals surface area contributed by atoms with Gasteiger partial charge in [-0.1, -0.05) is 24.8 Å². The van der Waals surface area contributed by atoms with E-state index in [0.717, 1.165) is 32.5 Å². The second-order valence-corrected chi connectivity index (χ2v) is 5.21. The molecule has 18 heavy (non-hydrogen) atoms. The molecule has 0 bridgehead atoms. The van der Waals surface area contributed by atoms with E-state index < -0.39 is 0 Å². The minimum atomic E-state index is 0.979. The fraction of sp³-hybridized carbons (Fsp3) is 0.312. The van der Waals surface area contributed by atoms with E-state index >= 15 is 0 Å². The van der Waals surface area contributed by atoms with Crippen molar-refractivity contribution in [2.45, 2.75) is 25.9 Å². The van der Waals surface area contributed by atoms with Crippen LogP contribution in [0, 0.1) is 0 Å². The van der Waals surface area contributed by atoms with Gasteiger partial charge in [0.05, 0.1) is 12.1 Å². The largest absolute Gasteiger partial charge is 0.339 e. The Hall–Kier alpha value is -1.76. The number of para-hydroxylation sites is 1. The monoisotopic (exact) mass is 236 g/mol. The van der Waals surface area contributed by atoms with Crippen LogP contribution in [-0.2, 0) is 25.9 Å². The molecule has 90 valence electrons. The highest BCUT2D eigenvalue weighted by atomic mass is 15.0. The van der Waals surface area contributed by atoms with E-state index in [4.69, 9.17) is 0 Å². The number of aromatic nitrogens is 1. The van der Waals surface area contributed by atoms with Gasteiger partial charge in [0.1, 0.15) is 0 Å². The summed E-state index contributed by atoms with van der Waals surface area (Å²) in [6.07, 6.45) is 2.14. The Bertz CT molecular complexity index is 699. The molecule has 0 spiro atoms. The highest BCUT2D eigenvalue weighted by Gasteiger charge is 2.24. The summed E-state index contributed by atoms with van der Waals surface area (Å²) in [6.45, 7) is 6.91. The van der Waals surface area contributed by atoms with Crippen LogP contribution in [0.2, 0.25) is 0 Å². The lowest BCUT2D eigenvalue weighted by Gasteiger charge is -2.21. The van der Waals surface area contributed by atoms with Crippen LogP contribution in [0.25, 0.3) is 10.9 Å². The van der Waals surface area contributed by atoms with Crippen molar-refractivity contribution in [1.29, 1.82) is 0 Å². The van der Waals surface area contributed by atoms with Crippen molar-refractivity contribution < 1.29 is 0 Å². The normalized spacial score (nSPS) is 17.7. The van der Waals surface area contributed by atoms with E-state index in [1.807, 2.05) is 0 Å². The number of nitrogens with zero attached hydrogens (tertiary/aromatic N) is 1. The molecule has 1 aromatic heterocycles. The van der Waals surface area contributed by atoms with Gasteiger partial charge >= 0.3 is 0 Å². The smallest absolute Gasteiger partial charge is 0.0525 e. The van der Waals surface area contributed by atoms with Crippen LogP contribution in [0.4, 0.5) is 0 Å². The molecule has 3 heterocycles. The molecular formula is C16H16N2. The van der Waals surface area contributed by atoms with Crippen LogP contribution in [0.15, 0.2) is 36.1 Å². The maximum atomic E-state index is 3.83. The minimum Gasteiger partial charge on any atom is -0.339 e. The van der Waals surface area contributed by atoms with E-state index in [1.165, 1.54) is 33.3 Å². The van der Waals surface area contributed by atoms with Gasteiger partial charge in [0.2, 0.25) is 0 Å². The molecule has 2 aliphatic heterocycles. The van der Waals surface area contributed by atoms with Crippen molar-refractivity contribution in [3.05, 3.63) is 52.9 Å². The fourth-order valence-electron chi connectivity index (χ4n) is 3.42. The predicted octanol–water partition coefficient (Wildman–Crippen LogP) is 2.55. The summed E-state index contributed by atoms with van der Waals surface area (Å²) in [7, 11) is 0. The van der Waals surface area contributed by atoms with Crippen molar-refractivity contribution in [3.63, 3.8) is 0 Å². The fourth-order valence-corrected chi connectivity index (χ4v) is 3.42. The lowest BCUT2D eigenvalue weighted by molar-refractivity contribution is 0.605. The summed E-state index contributed by atoms with van der Waals surface area (Å²) < 4.78 is 2.50. The van der Waals surface area contributed by atoms with E-state index in [9.17, 15) is 0 Å². The SMILES string of the molecule is C=C=C1Cc2cccc3c4c(n(c23)C1)CCNC4. The van der Waals surface area contributed by atoms with Gasteiger partial charge in [0, 0.05) is 37.0 Å². The zero-order valence-corrected chi connectivity index (χ0v) is 10.4. The average Bonchev–Trinajstić information content (AvgIpc) is 2.76. The molecule has 2 heteroatoms. The van der Waals surface area contributed by atoms with Gasteiger partial charge in [0.25, 0.3) is 0 Å². The number of fused-ring (bicyclic) bond motifs is 3. The molecule has 1 N–H and O–H groups in total. The van der Waals surface area contributed by atoms with Crippen molar-refractivity contribution in [1.82, 2.24) is 9.88 Å². The topological polar surface area (TPSA) is 17.0 Å². The third-order valence-electron chi connectivity index (χ3n) is 4.23. The van der Waals surface area contributed by atoms with E-state index in [0.29, 0.717) is 0 Å². The zero-order chi connectivity index (χ0) is 12.1. The quantitative estimate of drug-likeness (QED) is 0.696. The first-order valence-corrected chi connectivity index (χ1v) is 6.59. The van der Waals surface area contributed by atoms with Crippen LogP contribution in [0.1, 0.15) is 16.8 Å². The second-order valence-electron chi connectivity index (χ2n) is 5.21. The number of hydrogen-bond acceptors (Lipinski definition) is 1. The summed E-state index contributed by atoms with van der Waals surface area (Å²) in [5.41, 5.74) is 10.3. The van der Waals surface area contributed by atoms with E-state index in [1.54, 1.807) is 0 Å². The molecule has 0 saturated carbocycles. The molecule has 0 amide bonds. The highest BCUT2D eigenvalue weighted by Crippen LogP contribution is 2.35. The third-order valence-corrected chi connectivity index (χ3v) is 4.23. The van der Waals surface area contributed by atoms with E-state index in [-0.39, 0.29) is 0 Å². The molecule has 2 aliphatic rings. The zero-order valence-electron chi connectivity index (χ0n) is 10.4. The molecule has 0 aliphatic carbocycles. The maximum absolute atomic E-state index is 3.83. The van der Waals surface area contributed by atoms with Gasteiger partial charge < -0.3 is 9.88 Å². The van der Waals surface area contributed by atoms with Gasteiger partial charge in [-0.25, -0.2) is 0 Å². The summed E-state index contributed by atoms with van der Waals surface area (Å²) >= 11 is 0. The molecule has 0 atom stereocenters. The van der Waals surface area contributed by atoms with Gasteiger partial charge in [0.15, 0.2) is 0 Å². The van der Waals surface area contributed by atoms with E-state index in [2.05, 4.69) is 40.4 Å². The molecule has 0 saturated heterocycles. The summed E-state index contributed by atoms with van der Waals surface area (Å²) in [5, 5.41) is 4.93. The Morgan fingerprint density at radius 3 is 3.17 bits per heavy atom. The maximum Gasteiger partial charge on any atom is 0.0525 e. The van der Waals surface area contributed by atoms with Crippen LogP contribution >= 0.6 is 0 Å². The second kappa shape index (κ2) is 3.61. The Balaban J connectivity index is 2.12. The molecular weight excluding hydrogens is 220 g/mol. The lowest BCUT2D eigenvalue weighted by Crippen LogP contribution is -2.25. The first-order chi connectivity index (χ1) is 8.88. The van der Waals surface area contributed by atoms with Gasteiger partial charge in [-0.2, -0.15) is 0 Å². The predicted molar refractivity (Wildman–Crippen MR) is 73.7 cm³/mol. The molecule has 0 fully saturated rings. The molecule has 2 nitrogen and oxygen atoms in total. The first-order valence-electron chi connectivity index (χ1n) is 6.59. The summed E-state index contributed by atoms with van der Waals surface area (Å²) in [6, 6.07) is 6.70. The van der Waals surface area contributed by atoms with Crippen molar-refractivity contribution in [2.24, 2.45) is 0 Å². The van der Waals surface area contributed by atoms with Crippen LogP contribution in [0.3, 0.4) is 0 Å². The number of rotatable bonds is 0. The Kier molecular flexibility index (Phi) is 2.05. The lowest BCUT2D eigenvalue weighted by atomic mass is 9.99. The third kappa shape index (κ3) is 1.22.